The average molecular weight is 234 g/mol. The molecule has 0 bridgehead atoms. The smallest absolute Gasteiger partial charge is 0.128 e. The van der Waals surface area contributed by atoms with E-state index in [9.17, 15) is 4.39 Å². The summed E-state index contributed by atoms with van der Waals surface area (Å²) in [6.07, 6.45) is 0.828. The molecular weight excluding hydrogens is 219 g/mol. The highest BCUT2D eigenvalue weighted by molar-refractivity contribution is 5.47. The van der Waals surface area contributed by atoms with Gasteiger partial charge in [-0.05, 0) is 26.0 Å². The highest BCUT2D eigenvalue weighted by Gasteiger charge is 2.36. The SMILES string of the molecule is C[C@@H](N)c1cc(F)cc2c1O[C@@](C)(CC#N)C2. The summed E-state index contributed by atoms with van der Waals surface area (Å²) in [5.74, 6) is 0.347. The van der Waals surface area contributed by atoms with Crippen molar-refractivity contribution in [1.29, 1.82) is 5.26 Å². The second-order valence-electron chi connectivity index (χ2n) is 4.84. The third-order valence-corrected chi connectivity index (χ3v) is 3.02. The summed E-state index contributed by atoms with van der Waals surface area (Å²) in [6, 6.07) is 4.68. The number of hydrogen-bond acceptors (Lipinski definition) is 3. The van der Waals surface area contributed by atoms with Crippen molar-refractivity contribution < 1.29 is 9.13 Å². The monoisotopic (exact) mass is 234 g/mol. The van der Waals surface area contributed by atoms with Gasteiger partial charge in [-0.2, -0.15) is 5.26 Å². The third kappa shape index (κ3) is 2.11. The summed E-state index contributed by atoms with van der Waals surface area (Å²) in [5, 5.41) is 8.78. The molecule has 0 radical (unpaired) electrons. The standard InChI is InChI=1S/C13H15FN2O/c1-8(16)11-6-10(14)5-9-7-13(2,3-4-15)17-12(9)11/h5-6,8H,3,7,16H2,1-2H3/t8-,13+/m1/s1. The topological polar surface area (TPSA) is 59.0 Å². The Hall–Kier alpha value is -1.60. The Morgan fingerprint density at radius 1 is 1.65 bits per heavy atom. The Morgan fingerprint density at radius 3 is 2.94 bits per heavy atom. The Kier molecular flexibility index (Phi) is 2.80. The first-order valence-electron chi connectivity index (χ1n) is 5.59. The van der Waals surface area contributed by atoms with Crippen molar-refractivity contribution in [3.05, 3.63) is 29.1 Å². The Balaban J connectivity index is 2.45. The maximum absolute atomic E-state index is 13.4. The molecule has 2 N–H and O–H groups in total. The van der Waals surface area contributed by atoms with Gasteiger partial charge in [-0.25, -0.2) is 4.39 Å². The molecular formula is C13H15FN2O. The van der Waals surface area contributed by atoms with Crippen LogP contribution in [0.2, 0.25) is 0 Å². The molecule has 1 heterocycles. The molecule has 0 amide bonds. The van der Waals surface area contributed by atoms with Crippen LogP contribution in [0.1, 0.15) is 37.4 Å². The molecule has 17 heavy (non-hydrogen) atoms. The summed E-state index contributed by atoms with van der Waals surface area (Å²) in [7, 11) is 0. The van der Waals surface area contributed by atoms with Crippen LogP contribution in [0, 0.1) is 17.1 Å². The number of hydrogen-bond donors (Lipinski definition) is 1. The third-order valence-electron chi connectivity index (χ3n) is 3.02. The van der Waals surface area contributed by atoms with Crippen molar-refractivity contribution in [3.63, 3.8) is 0 Å². The van der Waals surface area contributed by atoms with E-state index in [1.165, 1.54) is 12.1 Å². The van der Waals surface area contributed by atoms with Gasteiger partial charge in [0.2, 0.25) is 0 Å². The number of nitrogens with zero attached hydrogens (tertiary/aromatic N) is 1. The van der Waals surface area contributed by atoms with Crippen LogP contribution in [0.15, 0.2) is 12.1 Å². The molecule has 2 atom stereocenters. The van der Waals surface area contributed by atoms with Crippen molar-refractivity contribution in [2.75, 3.05) is 0 Å². The van der Waals surface area contributed by atoms with Crippen LogP contribution in [0.25, 0.3) is 0 Å². The number of nitrogens with two attached hydrogens (primary N) is 1. The Bertz CT molecular complexity index is 493. The van der Waals surface area contributed by atoms with E-state index in [1.54, 1.807) is 6.92 Å². The van der Waals surface area contributed by atoms with Gasteiger partial charge in [-0.15, -0.1) is 0 Å². The molecule has 0 saturated heterocycles. The van der Waals surface area contributed by atoms with Crippen LogP contribution in [0.5, 0.6) is 5.75 Å². The zero-order valence-corrected chi connectivity index (χ0v) is 9.96. The summed E-state index contributed by atoms with van der Waals surface area (Å²) >= 11 is 0. The maximum atomic E-state index is 13.4. The quantitative estimate of drug-likeness (QED) is 0.855. The molecule has 1 aromatic rings. The minimum atomic E-state index is -0.561. The van der Waals surface area contributed by atoms with E-state index in [2.05, 4.69) is 6.07 Å². The van der Waals surface area contributed by atoms with Crippen molar-refractivity contribution in [3.8, 4) is 11.8 Å². The van der Waals surface area contributed by atoms with Gasteiger partial charge in [0.25, 0.3) is 0 Å². The molecule has 1 aromatic carbocycles. The van der Waals surface area contributed by atoms with Gasteiger partial charge in [0.05, 0.1) is 12.5 Å². The fraction of sp³-hybridized carbons (Fsp3) is 0.462. The number of rotatable bonds is 2. The second-order valence-corrected chi connectivity index (χ2v) is 4.84. The summed E-state index contributed by atoms with van der Waals surface area (Å²) in [5.41, 5.74) is 6.71. The van der Waals surface area contributed by atoms with Gasteiger partial charge in [0.15, 0.2) is 0 Å². The summed E-state index contributed by atoms with van der Waals surface area (Å²) in [6.45, 7) is 3.65. The molecule has 0 unspecified atom stereocenters. The number of fused-ring (bicyclic) bond motifs is 1. The summed E-state index contributed by atoms with van der Waals surface area (Å²) in [4.78, 5) is 0. The lowest BCUT2D eigenvalue weighted by atomic mass is 9.95. The van der Waals surface area contributed by atoms with Gasteiger partial charge in [0, 0.05) is 23.6 Å². The molecule has 90 valence electrons. The van der Waals surface area contributed by atoms with E-state index in [1.807, 2.05) is 6.92 Å². The molecule has 0 aromatic heterocycles. The van der Waals surface area contributed by atoms with Gasteiger partial charge >= 0.3 is 0 Å². The first-order chi connectivity index (χ1) is 7.95. The first kappa shape index (κ1) is 11.9. The lowest BCUT2D eigenvalue weighted by molar-refractivity contribution is 0.120. The van der Waals surface area contributed by atoms with Crippen molar-refractivity contribution >= 4 is 0 Å². The second kappa shape index (κ2) is 4.01. The zero-order valence-electron chi connectivity index (χ0n) is 9.96. The number of ether oxygens (including phenoxy) is 1. The molecule has 1 aliphatic rings. The fourth-order valence-electron chi connectivity index (χ4n) is 2.22. The van der Waals surface area contributed by atoms with Crippen LogP contribution in [-0.4, -0.2) is 5.60 Å². The van der Waals surface area contributed by atoms with Crippen LogP contribution in [0.3, 0.4) is 0 Å². The highest BCUT2D eigenvalue weighted by Crippen LogP contribution is 2.41. The lowest BCUT2D eigenvalue weighted by Crippen LogP contribution is -2.29. The molecule has 3 nitrogen and oxygen atoms in total. The molecule has 4 heteroatoms. The molecule has 0 saturated carbocycles. The maximum Gasteiger partial charge on any atom is 0.128 e. The van der Waals surface area contributed by atoms with E-state index in [0.29, 0.717) is 17.7 Å². The average Bonchev–Trinajstić information content (AvgIpc) is 2.53. The predicted molar refractivity (Wildman–Crippen MR) is 62.0 cm³/mol. The molecule has 0 aliphatic carbocycles. The normalized spacial score (nSPS) is 23.7. The number of nitriles is 1. The van der Waals surface area contributed by atoms with Crippen LogP contribution in [0.4, 0.5) is 4.39 Å². The van der Waals surface area contributed by atoms with Gasteiger partial charge in [-0.3, -0.25) is 0 Å². The number of benzene rings is 1. The van der Waals surface area contributed by atoms with E-state index >= 15 is 0 Å². The molecule has 2 rings (SSSR count). The molecule has 0 fully saturated rings. The molecule has 1 aliphatic heterocycles. The van der Waals surface area contributed by atoms with Gasteiger partial charge < -0.3 is 10.5 Å². The van der Waals surface area contributed by atoms with E-state index in [4.69, 9.17) is 15.7 Å². The van der Waals surface area contributed by atoms with Crippen molar-refractivity contribution in [2.24, 2.45) is 5.73 Å². The predicted octanol–water partition coefficient (Wildman–Crippen LogP) is 2.45. The highest BCUT2D eigenvalue weighted by atomic mass is 19.1. The minimum absolute atomic E-state index is 0.279. The Labute approximate surface area is 100.0 Å². The number of halogens is 1. The summed E-state index contributed by atoms with van der Waals surface area (Å²) < 4.78 is 19.3. The zero-order chi connectivity index (χ0) is 12.6. The van der Waals surface area contributed by atoms with Gasteiger partial charge in [-0.1, -0.05) is 0 Å². The van der Waals surface area contributed by atoms with E-state index in [-0.39, 0.29) is 18.3 Å². The van der Waals surface area contributed by atoms with Crippen molar-refractivity contribution in [2.45, 2.75) is 38.3 Å². The molecule has 0 spiro atoms. The minimum Gasteiger partial charge on any atom is -0.486 e. The van der Waals surface area contributed by atoms with Crippen LogP contribution >= 0.6 is 0 Å². The van der Waals surface area contributed by atoms with Crippen LogP contribution in [-0.2, 0) is 6.42 Å². The van der Waals surface area contributed by atoms with E-state index < -0.39 is 5.60 Å². The lowest BCUT2D eigenvalue weighted by Gasteiger charge is -2.21. The Morgan fingerprint density at radius 2 is 2.35 bits per heavy atom. The first-order valence-corrected chi connectivity index (χ1v) is 5.59. The van der Waals surface area contributed by atoms with E-state index in [0.717, 1.165) is 5.56 Å². The fourth-order valence-corrected chi connectivity index (χ4v) is 2.22. The largest absolute Gasteiger partial charge is 0.486 e. The van der Waals surface area contributed by atoms with Crippen LogP contribution < -0.4 is 10.5 Å². The van der Waals surface area contributed by atoms with Crippen molar-refractivity contribution in [1.82, 2.24) is 0 Å². The van der Waals surface area contributed by atoms with Gasteiger partial charge in [0.1, 0.15) is 17.2 Å².